The zero-order valence-corrected chi connectivity index (χ0v) is 16.9. The van der Waals surface area contributed by atoms with E-state index in [4.69, 9.17) is 0 Å². The Morgan fingerprint density at radius 2 is 1.53 bits per heavy atom. The molecule has 0 fully saturated rings. The van der Waals surface area contributed by atoms with Gasteiger partial charge in [-0.3, -0.25) is 0 Å². The summed E-state index contributed by atoms with van der Waals surface area (Å²) in [7, 11) is -1.19. The summed E-state index contributed by atoms with van der Waals surface area (Å²) in [5, 5.41) is 0. The summed E-state index contributed by atoms with van der Waals surface area (Å²) in [4.78, 5) is 3.79. The van der Waals surface area contributed by atoms with Crippen LogP contribution >= 0.6 is 0 Å². The molecule has 3 heteroatoms. The predicted molar refractivity (Wildman–Crippen MR) is 86.9 cm³/mol. The fraction of sp³-hybridized carbons (Fsp3) is 0.857. The fourth-order valence-corrected chi connectivity index (χ4v) is 11.1. The fourth-order valence-electron chi connectivity index (χ4n) is 1.94. The molecular formula is C14H33NSiSn. The van der Waals surface area contributed by atoms with Crippen LogP contribution in [0.15, 0.2) is 10.2 Å². The predicted octanol–water partition coefficient (Wildman–Crippen LogP) is 4.80. The molecule has 0 radical (unpaired) electrons. The van der Waals surface area contributed by atoms with Gasteiger partial charge in [0.2, 0.25) is 0 Å². The van der Waals surface area contributed by atoms with E-state index in [1.54, 1.807) is 0 Å². The molecule has 102 valence electrons. The Morgan fingerprint density at radius 1 is 1.06 bits per heavy atom. The Bertz CT molecular complexity index is 224. The average molecular weight is 362 g/mol. The van der Waals surface area contributed by atoms with Gasteiger partial charge >= 0.3 is 115 Å². The van der Waals surface area contributed by atoms with Crippen molar-refractivity contribution < 1.29 is 0 Å². The quantitative estimate of drug-likeness (QED) is 0.612. The van der Waals surface area contributed by atoms with Crippen LogP contribution in [0.5, 0.6) is 0 Å². The van der Waals surface area contributed by atoms with Crippen molar-refractivity contribution in [2.24, 2.45) is 0 Å². The molecule has 0 atom stereocenters. The van der Waals surface area contributed by atoms with Gasteiger partial charge in [-0.1, -0.05) is 0 Å². The third-order valence-corrected chi connectivity index (χ3v) is 23.5. The van der Waals surface area contributed by atoms with Crippen LogP contribution in [0, 0.1) is 0 Å². The van der Waals surface area contributed by atoms with Crippen LogP contribution in [0.2, 0.25) is 31.9 Å². The topological polar surface area (TPSA) is 12.0 Å². The van der Waals surface area contributed by atoms with Crippen LogP contribution in [-0.4, -0.2) is 33.2 Å². The minimum absolute atomic E-state index is 0.813. The van der Waals surface area contributed by atoms with Crippen LogP contribution in [-0.2, 0) is 0 Å². The Balaban J connectivity index is 4.28. The first-order valence-corrected chi connectivity index (χ1v) is 18.0. The van der Waals surface area contributed by atoms with Crippen LogP contribution < -0.4 is 4.98 Å². The number of hydrogen-bond acceptors (Lipinski definition) is 1. The van der Waals surface area contributed by atoms with Crippen molar-refractivity contribution in [2.45, 2.75) is 66.6 Å². The number of rotatable bonds is 8. The maximum absolute atomic E-state index is 3.79. The second-order valence-electron chi connectivity index (χ2n) is 6.08. The molecule has 1 nitrogen and oxygen atoms in total. The van der Waals surface area contributed by atoms with E-state index in [9.17, 15) is 0 Å². The molecule has 0 aliphatic carbocycles. The van der Waals surface area contributed by atoms with Gasteiger partial charge in [0.25, 0.3) is 0 Å². The maximum atomic E-state index is 3.79. The Morgan fingerprint density at radius 3 is 1.88 bits per heavy atom. The van der Waals surface area contributed by atoms with Crippen molar-refractivity contribution in [2.75, 3.05) is 6.54 Å². The first-order valence-electron chi connectivity index (χ1n) is 7.26. The van der Waals surface area contributed by atoms with Gasteiger partial charge in [0.15, 0.2) is 0 Å². The molecule has 0 saturated heterocycles. The Labute approximate surface area is 114 Å². The molecule has 0 unspecified atom stereocenters. The van der Waals surface area contributed by atoms with E-state index < -0.39 is 26.6 Å². The molecule has 0 aromatic rings. The SMILES string of the molecule is C[CH2][Sn]([CH]=CCN[Si](C)(C)C(C)C)([CH2]C)[CH2]C. The summed E-state index contributed by atoms with van der Waals surface area (Å²) in [5.74, 6) is 0. The first-order chi connectivity index (χ1) is 7.83. The van der Waals surface area contributed by atoms with E-state index in [1.165, 1.54) is 13.3 Å². The summed E-state index contributed by atoms with van der Waals surface area (Å²) < 4.78 is 7.04. The summed E-state index contributed by atoms with van der Waals surface area (Å²) in [5.41, 5.74) is 0.813. The van der Waals surface area contributed by atoms with E-state index >= 15 is 0 Å². The summed E-state index contributed by atoms with van der Waals surface area (Å²) in [6.45, 7) is 17.8. The Hall–Kier alpha value is 0.716. The second kappa shape index (κ2) is 8.00. The van der Waals surface area contributed by atoms with Gasteiger partial charge in [-0.2, -0.15) is 0 Å². The summed E-state index contributed by atoms with van der Waals surface area (Å²) >= 11 is -1.80. The molecule has 0 heterocycles. The van der Waals surface area contributed by atoms with Crippen molar-refractivity contribution in [3.8, 4) is 0 Å². The third kappa shape index (κ3) is 5.93. The van der Waals surface area contributed by atoms with E-state index in [0.29, 0.717) is 0 Å². The molecule has 0 rings (SSSR count). The van der Waals surface area contributed by atoms with Gasteiger partial charge in [0.1, 0.15) is 0 Å². The second-order valence-corrected chi connectivity index (χ2v) is 25.8. The van der Waals surface area contributed by atoms with Crippen molar-refractivity contribution in [1.82, 2.24) is 4.98 Å². The van der Waals surface area contributed by atoms with Crippen LogP contribution in [0.4, 0.5) is 0 Å². The van der Waals surface area contributed by atoms with E-state index in [2.05, 4.69) is 62.9 Å². The van der Waals surface area contributed by atoms with E-state index in [0.717, 1.165) is 12.1 Å². The van der Waals surface area contributed by atoms with Crippen LogP contribution in [0.3, 0.4) is 0 Å². The molecular weight excluding hydrogens is 329 g/mol. The number of hydrogen-bond donors (Lipinski definition) is 1. The van der Waals surface area contributed by atoms with Gasteiger partial charge in [0, 0.05) is 0 Å². The first kappa shape index (κ1) is 17.7. The van der Waals surface area contributed by atoms with Gasteiger partial charge in [-0.25, -0.2) is 0 Å². The summed E-state index contributed by atoms with van der Waals surface area (Å²) in [6, 6.07) is 0. The average Bonchev–Trinajstić information content (AvgIpc) is 2.30. The van der Waals surface area contributed by atoms with Crippen molar-refractivity contribution in [1.29, 1.82) is 0 Å². The molecule has 0 amide bonds. The molecule has 0 saturated carbocycles. The van der Waals surface area contributed by atoms with Crippen molar-refractivity contribution in [3.05, 3.63) is 10.2 Å². The van der Waals surface area contributed by atoms with Gasteiger partial charge in [-0.15, -0.1) is 0 Å². The third-order valence-electron chi connectivity index (χ3n) is 4.70. The molecule has 0 aliphatic heterocycles. The summed E-state index contributed by atoms with van der Waals surface area (Å²) in [6.07, 6.45) is 2.45. The monoisotopic (exact) mass is 363 g/mol. The molecule has 0 bridgehead atoms. The normalized spacial score (nSPS) is 13.9. The molecule has 0 aromatic carbocycles. The molecule has 0 aliphatic rings. The molecule has 0 spiro atoms. The van der Waals surface area contributed by atoms with Gasteiger partial charge in [0.05, 0.1) is 0 Å². The van der Waals surface area contributed by atoms with E-state index in [-0.39, 0.29) is 0 Å². The standard InChI is InChI=1S/C8H18NSi.3C2H5.Sn/c1-6-7-9-10(4,5)8(2)3;3*1-2;/h1,6,8-9H,7H2,2-5H3;3*1H2,2H3;. The Kier molecular flexibility index (Phi) is 8.34. The van der Waals surface area contributed by atoms with Crippen molar-refractivity contribution >= 4 is 26.6 Å². The van der Waals surface area contributed by atoms with Gasteiger partial charge < -0.3 is 0 Å². The van der Waals surface area contributed by atoms with Crippen LogP contribution in [0.25, 0.3) is 0 Å². The number of nitrogens with one attached hydrogen (secondary N) is 1. The zero-order chi connectivity index (χ0) is 13.5. The van der Waals surface area contributed by atoms with Gasteiger partial charge in [-0.05, 0) is 0 Å². The van der Waals surface area contributed by atoms with Crippen LogP contribution in [0.1, 0.15) is 34.6 Å². The molecule has 1 N–H and O–H groups in total. The zero-order valence-electron chi connectivity index (χ0n) is 13.1. The minimum atomic E-state index is -1.80. The molecule has 0 aromatic heterocycles. The van der Waals surface area contributed by atoms with E-state index in [1.807, 2.05) is 0 Å². The van der Waals surface area contributed by atoms with Crippen molar-refractivity contribution in [3.63, 3.8) is 0 Å². The molecule has 17 heavy (non-hydrogen) atoms.